The summed E-state index contributed by atoms with van der Waals surface area (Å²) in [5, 5.41) is 4.26. The van der Waals surface area contributed by atoms with Crippen molar-refractivity contribution in [2.24, 2.45) is 18.7 Å². The lowest BCUT2D eigenvalue weighted by Gasteiger charge is -2.41. The van der Waals surface area contributed by atoms with Gasteiger partial charge in [0.25, 0.3) is 0 Å². The average Bonchev–Trinajstić information content (AvgIpc) is 2.74. The summed E-state index contributed by atoms with van der Waals surface area (Å²) in [5.41, 5.74) is 5.87. The van der Waals surface area contributed by atoms with E-state index in [2.05, 4.69) is 23.0 Å². The van der Waals surface area contributed by atoms with Crippen molar-refractivity contribution in [3.05, 3.63) is 12.3 Å². The zero-order valence-corrected chi connectivity index (χ0v) is 10.3. The molecular weight excluding hydrogens is 200 g/mol. The number of hydrogen-bond donors (Lipinski definition) is 1. The Morgan fingerprint density at radius 1 is 1.56 bits per heavy atom. The molecule has 0 bridgehead atoms. The Morgan fingerprint density at radius 3 is 2.94 bits per heavy atom. The number of anilines is 1. The molecule has 4 heteroatoms. The van der Waals surface area contributed by atoms with Crippen LogP contribution in [-0.4, -0.2) is 28.9 Å². The van der Waals surface area contributed by atoms with Crippen LogP contribution in [0.2, 0.25) is 0 Å². The maximum atomic E-state index is 5.87. The van der Waals surface area contributed by atoms with Crippen LogP contribution in [0.4, 0.5) is 5.82 Å². The highest BCUT2D eigenvalue weighted by Crippen LogP contribution is 2.29. The van der Waals surface area contributed by atoms with E-state index >= 15 is 0 Å². The Hall–Kier alpha value is -1.03. The Balaban J connectivity index is 2.22. The van der Waals surface area contributed by atoms with E-state index in [9.17, 15) is 0 Å². The Morgan fingerprint density at radius 2 is 2.38 bits per heavy atom. The fourth-order valence-corrected chi connectivity index (χ4v) is 2.90. The summed E-state index contributed by atoms with van der Waals surface area (Å²) in [4.78, 5) is 2.48. The smallest absolute Gasteiger partial charge is 0.126 e. The van der Waals surface area contributed by atoms with E-state index < -0.39 is 0 Å². The molecule has 0 spiro atoms. The molecule has 2 rings (SSSR count). The van der Waals surface area contributed by atoms with Gasteiger partial charge in [0.2, 0.25) is 0 Å². The van der Waals surface area contributed by atoms with Gasteiger partial charge in [-0.2, -0.15) is 5.10 Å². The molecule has 1 aliphatic heterocycles. The molecule has 0 unspecified atom stereocenters. The number of hydrogen-bond acceptors (Lipinski definition) is 3. The van der Waals surface area contributed by atoms with Crippen molar-refractivity contribution in [1.82, 2.24) is 9.78 Å². The first-order valence-electron chi connectivity index (χ1n) is 6.22. The molecule has 1 saturated heterocycles. The Kier molecular flexibility index (Phi) is 3.49. The lowest BCUT2D eigenvalue weighted by molar-refractivity contribution is 0.317. The zero-order valence-electron chi connectivity index (χ0n) is 10.3. The van der Waals surface area contributed by atoms with Gasteiger partial charge in [-0.15, -0.1) is 0 Å². The van der Waals surface area contributed by atoms with Gasteiger partial charge in [-0.05, 0) is 31.7 Å². The first kappa shape index (κ1) is 11.5. The number of nitrogens with zero attached hydrogens (tertiary/aromatic N) is 3. The van der Waals surface area contributed by atoms with Crippen molar-refractivity contribution in [2.75, 3.05) is 18.0 Å². The van der Waals surface area contributed by atoms with Crippen LogP contribution in [0.15, 0.2) is 12.3 Å². The fourth-order valence-electron chi connectivity index (χ4n) is 2.90. The van der Waals surface area contributed by atoms with E-state index in [-0.39, 0.29) is 0 Å². The van der Waals surface area contributed by atoms with Crippen LogP contribution in [0.3, 0.4) is 0 Å². The van der Waals surface area contributed by atoms with Gasteiger partial charge in [-0.25, -0.2) is 0 Å². The van der Waals surface area contributed by atoms with Gasteiger partial charge in [0.05, 0.1) is 6.20 Å². The molecule has 4 nitrogen and oxygen atoms in total. The van der Waals surface area contributed by atoms with E-state index in [1.165, 1.54) is 18.7 Å². The molecule has 0 aliphatic carbocycles. The molecule has 1 aliphatic rings. The summed E-state index contributed by atoms with van der Waals surface area (Å²) in [7, 11) is 2.01. The van der Waals surface area contributed by atoms with Crippen LogP contribution in [0.25, 0.3) is 0 Å². The summed E-state index contributed by atoms with van der Waals surface area (Å²) in [6, 6.07) is 2.68. The highest BCUT2D eigenvalue weighted by atomic mass is 15.4. The summed E-state index contributed by atoms with van der Waals surface area (Å²) in [5.74, 6) is 1.86. The monoisotopic (exact) mass is 222 g/mol. The molecule has 1 aromatic rings. The summed E-state index contributed by atoms with van der Waals surface area (Å²) in [6.07, 6.45) is 5.54. The van der Waals surface area contributed by atoms with Crippen molar-refractivity contribution >= 4 is 5.82 Å². The first-order chi connectivity index (χ1) is 7.77. The van der Waals surface area contributed by atoms with Crippen molar-refractivity contribution in [2.45, 2.75) is 32.2 Å². The number of aromatic nitrogens is 2. The molecule has 1 aromatic heterocycles. The number of aryl methyl sites for hydroxylation is 1. The SMILES string of the molecule is CC[C@@H]1[C@@H](CN)CCCN1c1ccnn1C. The topological polar surface area (TPSA) is 47.1 Å². The largest absolute Gasteiger partial charge is 0.354 e. The van der Waals surface area contributed by atoms with Crippen molar-refractivity contribution in [3.8, 4) is 0 Å². The van der Waals surface area contributed by atoms with Crippen LogP contribution in [-0.2, 0) is 7.05 Å². The number of rotatable bonds is 3. The molecule has 1 fully saturated rings. The van der Waals surface area contributed by atoms with E-state index in [0.29, 0.717) is 12.0 Å². The number of piperidine rings is 1. The van der Waals surface area contributed by atoms with Crippen LogP contribution in [0.1, 0.15) is 26.2 Å². The molecular formula is C12H22N4. The molecule has 90 valence electrons. The van der Waals surface area contributed by atoms with Crippen LogP contribution < -0.4 is 10.6 Å². The average molecular weight is 222 g/mol. The molecule has 2 heterocycles. The van der Waals surface area contributed by atoms with Gasteiger partial charge in [-0.1, -0.05) is 6.92 Å². The van der Waals surface area contributed by atoms with Gasteiger partial charge >= 0.3 is 0 Å². The second-order valence-corrected chi connectivity index (χ2v) is 4.62. The third kappa shape index (κ3) is 1.94. The fraction of sp³-hybridized carbons (Fsp3) is 0.750. The van der Waals surface area contributed by atoms with Crippen LogP contribution >= 0.6 is 0 Å². The maximum Gasteiger partial charge on any atom is 0.126 e. The Labute approximate surface area is 97.4 Å². The second-order valence-electron chi connectivity index (χ2n) is 4.62. The van der Waals surface area contributed by atoms with Gasteiger partial charge in [-0.3, -0.25) is 4.68 Å². The maximum absolute atomic E-state index is 5.87. The predicted molar refractivity (Wildman–Crippen MR) is 66.4 cm³/mol. The van der Waals surface area contributed by atoms with E-state index in [0.717, 1.165) is 19.5 Å². The van der Waals surface area contributed by atoms with E-state index in [1.54, 1.807) is 0 Å². The highest BCUT2D eigenvalue weighted by molar-refractivity contribution is 5.40. The zero-order chi connectivity index (χ0) is 11.5. The summed E-state index contributed by atoms with van der Waals surface area (Å²) >= 11 is 0. The molecule has 0 radical (unpaired) electrons. The first-order valence-corrected chi connectivity index (χ1v) is 6.22. The lowest BCUT2D eigenvalue weighted by atomic mass is 9.87. The minimum Gasteiger partial charge on any atom is -0.354 e. The van der Waals surface area contributed by atoms with Crippen molar-refractivity contribution in [1.29, 1.82) is 0 Å². The lowest BCUT2D eigenvalue weighted by Crippen LogP contribution is -2.48. The van der Waals surface area contributed by atoms with Gasteiger partial charge in [0.1, 0.15) is 5.82 Å². The van der Waals surface area contributed by atoms with Gasteiger partial charge in [0.15, 0.2) is 0 Å². The molecule has 0 amide bonds. The second kappa shape index (κ2) is 4.87. The minimum absolute atomic E-state index is 0.578. The molecule has 0 saturated carbocycles. The van der Waals surface area contributed by atoms with Crippen LogP contribution in [0.5, 0.6) is 0 Å². The van der Waals surface area contributed by atoms with Crippen LogP contribution in [0, 0.1) is 5.92 Å². The van der Waals surface area contributed by atoms with Crippen molar-refractivity contribution < 1.29 is 0 Å². The quantitative estimate of drug-likeness (QED) is 0.840. The minimum atomic E-state index is 0.578. The molecule has 16 heavy (non-hydrogen) atoms. The van der Waals surface area contributed by atoms with Gasteiger partial charge < -0.3 is 10.6 Å². The van der Waals surface area contributed by atoms with E-state index in [1.807, 2.05) is 17.9 Å². The molecule has 0 aromatic carbocycles. The normalized spacial score (nSPS) is 26.1. The number of nitrogens with two attached hydrogens (primary N) is 1. The molecule has 2 atom stereocenters. The standard InChI is InChI=1S/C12H22N4/c1-3-11-10(9-13)5-4-8-16(11)12-6-7-14-15(12)2/h6-7,10-11H,3-5,8-9,13H2,1-2H3/t10-,11-/m1/s1. The summed E-state index contributed by atoms with van der Waals surface area (Å²) in [6.45, 7) is 4.18. The molecule has 2 N–H and O–H groups in total. The van der Waals surface area contributed by atoms with Crippen molar-refractivity contribution in [3.63, 3.8) is 0 Å². The Bertz CT molecular complexity index is 334. The third-order valence-corrected chi connectivity index (χ3v) is 3.73. The van der Waals surface area contributed by atoms with Gasteiger partial charge in [0, 0.05) is 25.7 Å². The summed E-state index contributed by atoms with van der Waals surface area (Å²) < 4.78 is 1.96. The highest BCUT2D eigenvalue weighted by Gasteiger charge is 2.30. The predicted octanol–water partition coefficient (Wildman–Crippen LogP) is 1.37. The van der Waals surface area contributed by atoms with E-state index in [4.69, 9.17) is 5.73 Å². The third-order valence-electron chi connectivity index (χ3n) is 3.73.